The van der Waals surface area contributed by atoms with Crippen molar-refractivity contribution in [3.05, 3.63) is 30.6 Å². The second-order valence-corrected chi connectivity index (χ2v) is 5.61. The lowest BCUT2D eigenvalue weighted by Crippen LogP contribution is -2.31. The molecule has 0 spiro atoms. The van der Waals surface area contributed by atoms with Gasteiger partial charge in [-0.05, 0) is 26.0 Å². The fourth-order valence-corrected chi connectivity index (χ4v) is 2.54. The first-order valence-electron chi connectivity index (χ1n) is 6.57. The number of thioether (sulfide) groups is 1. The number of carbonyl (C=O) groups is 1. The number of hydrogen-bond acceptors (Lipinski definition) is 5. The zero-order valence-corrected chi connectivity index (χ0v) is 13.1. The van der Waals surface area contributed by atoms with Crippen LogP contribution in [0.4, 0.5) is 0 Å². The van der Waals surface area contributed by atoms with E-state index in [0.717, 1.165) is 11.4 Å². The summed E-state index contributed by atoms with van der Waals surface area (Å²) < 4.78 is 7.15. The monoisotopic (exact) mass is 306 g/mol. The molecule has 7 heteroatoms. The van der Waals surface area contributed by atoms with Crippen LogP contribution >= 0.6 is 11.8 Å². The molecule has 1 N–H and O–H groups in total. The van der Waals surface area contributed by atoms with Crippen molar-refractivity contribution < 1.29 is 9.53 Å². The maximum Gasteiger partial charge on any atom is 0.230 e. The van der Waals surface area contributed by atoms with Gasteiger partial charge in [-0.15, -0.1) is 10.2 Å². The van der Waals surface area contributed by atoms with Gasteiger partial charge in [0.05, 0.1) is 18.6 Å². The van der Waals surface area contributed by atoms with Gasteiger partial charge in [-0.25, -0.2) is 0 Å². The molecule has 1 aromatic carbocycles. The zero-order chi connectivity index (χ0) is 15.2. The first kappa shape index (κ1) is 15.4. The lowest BCUT2D eigenvalue weighted by molar-refractivity contribution is -0.119. The number of benzene rings is 1. The predicted octanol–water partition coefficient (Wildman–Crippen LogP) is 1.89. The molecular formula is C14H18N4O2S. The standard InChI is InChI=1S/C14H18N4O2S/c1-10(2)16-13(19)8-21-14-17-15-9-18(14)11-6-4-5-7-12(11)20-3/h4-7,9-10H,8H2,1-3H3,(H,16,19). The minimum absolute atomic E-state index is 0.0235. The molecule has 0 atom stereocenters. The summed E-state index contributed by atoms with van der Waals surface area (Å²) in [6.07, 6.45) is 1.61. The fraction of sp³-hybridized carbons (Fsp3) is 0.357. The molecule has 0 radical (unpaired) electrons. The predicted molar refractivity (Wildman–Crippen MR) is 81.9 cm³/mol. The number of amides is 1. The molecule has 1 amide bonds. The van der Waals surface area contributed by atoms with Gasteiger partial charge in [0.25, 0.3) is 0 Å². The van der Waals surface area contributed by atoms with Crippen LogP contribution < -0.4 is 10.1 Å². The number of aromatic nitrogens is 3. The number of ether oxygens (including phenoxy) is 1. The largest absolute Gasteiger partial charge is 0.495 e. The summed E-state index contributed by atoms with van der Waals surface area (Å²) in [5, 5.41) is 11.5. The van der Waals surface area contributed by atoms with Gasteiger partial charge in [-0.1, -0.05) is 23.9 Å². The minimum Gasteiger partial charge on any atom is -0.495 e. The Bertz CT molecular complexity index is 613. The van der Waals surface area contributed by atoms with E-state index < -0.39 is 0 Å². The van der Waals surface area contributed by atoms with E-state index in [1.165, 1.54) is 11.8 Å². The lowest BCUT2D eigenvalue weighted by Gasteiger charge is -2.11. The first-order chi connectivity index (χ1) is 10.1. The van der Waals surface area contributed by atoms with Crippen molar-refractivity contribution in [3.63, 3.8) is 0 Å². The highest BCUT2D eigenvalue weighted by molar-refractivity contribution is 7.99. The summed E-state index contributed by atoms with van der Waals surface area (Å²) in [5.41, 5.74) is 0.844. The Balaban J connectivity index is 2.14. The Morgan fingerprint density at radius 2 is 2.19 bits per heavy atom. The molecule has 0 fully saturated rings. The SMILES string of the molecule is COc1ccccc1-n1cnnc1SCC(=O)NC(C)C. The maximum absolute atomic E-state index is 11.7. The van der Waals surface area contributed by atoms with E-state index in [1.54, 1.807) is 13.4 Å². The van der Waals surface area contributed by atoms with Gasteiger partial charge in [0, 0.05) is 6.04 Å². The minimum atomic E-state index is -0.0235. The summed E-state index contributed by atoms with van der Waals surface area (Å²) in [5.74, 6) is 1.00. The van der Waals surface area contributed by atoms with Crippen LogP contribution in [0, 0.1) is 0 Å². The van der Waals surface area contributed by atoms with Crippen molar-refractivity contribution in [3.8, 4) is 11.4 Å². The van der Waals surface area contributed by atoms with Crippen LogP contribution in [0.1, 0.15) is 13.8 Å². The molecule has 21 heavy (non-hydrogen) atoms. The Morgan fingerprint density at radius 1 is 1.43 bits per heavy atom. The van der Waals surface area contributed by atoms with Gasteiger partial charge in [-0.2, -0.15) is 0 Å². The fourth-order valence-electron chi connectivity index (χ4n) is 1.81. The summed E-state index contributed by atoms with van der Waals surface area (Å²) in [6, 6.07) is 7.73. The Hall–Kier alpha value is -2.02. The molecule has 0 saturated heterocycles. The summed E-state index contributed by atoms with van der Waals surface area (Å²) in [7, 11) is 1.62. The number of rotatable bonds is 6. The molecule has 0 bridgehead atoms. The third kappa shape index (κ3) is 3.98. The average molecular weight is 306 g/mol. The highest BCUT2D eigenvalue weighted by Gasteiger charge is 2.13. The van der Waals surface area contributed by atoms with E-state index in [4.69, 9.17) is 4.74 Å². The van der Waals surface area contributed by atoms with Crippen LogP contribution in [0.5, 0.6) is 5.75 Å². The molecule has 1 aromatic heterocycles. The molecular weight excluding hydrogens is 288 g/mol. The molecule has 0 aliphatic heterocycles. The Labute approximate surface area is 127 Å². The molecule has 112 valence electrons. The smallest absolute Gasteiger partial charge is 0.230 e. The molecule has 1 heterocycles. The highest BCUT2D eigenvalue weighted by atomic mass is 32.2. The number of nitrogens with zero attached hydrogens (tertiary/aromatic N) is 3. The Morgan fingerprint density at radius 3 is 2.90 bits per heavy atom. The van der Waals surface area contributed by atoms with E-state index in [0.29, 0.717) is 10.9 Å². The Kier molecular flexibility index (Phi) is 5.21. The van der Waals surface area contributed by atoms with Gasteiger partial charge < -0.3 is 10.1 Å². The van der Waals surface area contributed by atoms with E-state index in [2.05, 4.69) is 15.5 Å². The van der Waals surface area contributed by atoms with E-state index in [9.17, 15) is 4.79 Å². The van der Waals surface area contributed by atoms with Crippen molar-refractivity contribution in [1.82, 2.24) is 20.1 Å². The van der Waals surface area contributed by atoms with Crippen LogP contribution in [-0.2, 0) is 4.79 Å². The van der Waals surface area contributed by atoms with Gasteiger partial charge in [0.2, 0.25) is 5.91 Å². The van der Waals surface area contributed by atoms with Crippen LogP contribution in [0.25, 0.3) is 5.69 Å². The number of para-hydroxylation sites is 2. The number of carbonyl (C=O) groups excluding carboxylic acids is 1. The summed E-state index contributed by atoms with van der Waals surface area (Å²) in [4.78, 5) is 11.7. The molecule has 0 saturated carbocycles. The second kappa shape index (κ2) is 7.12. The van der Waals surface area contributed by atoms with E-state index in [1.807, 2.05) is 42.7 Å². The quantitative estimate of drug-likeness (QED) is 0.825. The second-order valence-electron chi connectivity index (χ2n) is 4.67. The van der Waals surface area contributed by atoms with Crippen LogP contribution in [0.15, 0.2) is 35.7 Å². The molecule has 2 rings (SSSR count). The third-order valence-electron chi connectivity index (χ3n) is 2.64. The van der Waals surface area contributed by atoms with E-state index in [-0.39, 0.29) is 11.9 Å². The van der Waals surface area contributed by atoms with Gasteiger partial charge in [-0.3, -0.25) is 9.36 Å². The summed E-state index contributed by atoms with van der Waals surface area (Å²) >= 11 is 1.34. The van der Waals surface area contributed by atoms with Crippen molar-refractivity contribution in [2.75, 3.05) is 12.9 Å². The third-order valence-corrected chi connectivity index (χ3v) is 3.59. The van der Waals surface area contributed by atoms with Gasteiger partial charge >= 0.3 is 0 Å². The number of nitrogens with one attached hydrogen (secondary N) is 1. The van der Waals surface area contributed by atoms with Gasteiger partial charge in [0.1, 0.15) is 12.1 Å². The lowest BCUT2D eigenvalue weighted by atomic mass is 10.3. The van der Waals surface area contributed by atoms with Crippen molar-refractivity contribution in [2.45, 2.75) is 25.0 Å². The van der Waals surface area contributed by atoms with E-state index >= 15 is 0 Å². The number of hydrogen-bond donors (Lipinski definition) is 1. The maximum atomic E-state index is 11.7. The molecule has 2 aromatic rings. The van der Waals surface area contributed by atoms with Crippen molar-refractivity contribution in [2.24, 2.45) is 0 Å². The van der Waals surface area contributed by atoms with Gasteiger partial charge in [0.15, 0.2) is 5.16 Å². The molecule has 0 aliphatic rings. The average Bonchev–Trinajstić information content (AvgIpc) is 2.92. The first-order valence-corrected chi connectivity index (χ1v) is 7.56. The normalized spacial score (nSPS) is 10.7. The topological polar surface area (TPSA) is 69.0 Å². The number of methoxy groups -OCH3 is 1. The van der Waals surface area contributed by atoms with Crippen molar-refractivity contribution >= 4 is 17.7 Å². The highest BCUT2D eigenvalue weighted by Crippen LogP contribution is 2.26. The molecule has 0 unspecified atom stereocenters. The van der Waals surface area contributed by atoms with Crippen LogP contribution in [0.2, 0.25) is 0 Å². The summed E-state index contributed by atoms with van der Waals surface area (Å²) in [6.45, 7) is 3.86. The molecule has 6 nitrogen and oxygen atoms in total. The molecule has 0 aliphatic carbocycles. The zero-order valence-electron chi connectivity index (χ0n) is 12.2. The van der Waals surface area contributed by atoms with Crippen molar-refractivity contribution in [1.29, 1.82) is 0 Å². The van der Waals surface area contributed by atoms with Crippen LogP contribution in [0.3, 0.4) is 0 Å². The van der Waals surface area contributed by atoms with Crippen LogP contribution in [-0.4, -0.2) is 39.6 Å².